The minimum atomic E-state index is -3.53. The summed E-state index contributed by atoms with van der Waals surface area (Å²) < 4.78 is 37.0. The Balaban J connectivity index is 1.70. The molecule has 9 heteroatoms. The van der Waals surface area contributed by atoms with Crippen LogP contribution < -0.4 is 0 Å². The Morgan fingerprint density at radius 2 is 1.77 bits per heavy atom. The van der Waals surface area contributed by atoms with Crippen molar-refractivity contribution in [1.29, 1.82) is 0 Å². The highest BCUT2D eigenvalue weighted by molar-refractivity contribution is 7.88. The largest absolute Gasteiger partial charge is 0.464 e. The Labute approximate surface area is 184 Å². The van der Waals surface area contributed by atoms with Gasteiger partial charge in [0.15, 0.2) is 0 Å². The van der Waals surface area contributed by atoms with E-state index in [2.05, 4.69) is 4.90 Å². The van der Waals surface area contributed by atoms with E-state index in [-0.39, 0.29) is 25.5 Å². The summed E-state index contributed by atoms with van der Waals surface area (Å²) in [7, 11) is -3.53. The summed E-state index contributed by atoms with van der Waals surface area (Å²) in [5.41, 5.74) is 0.971. The topological polar surface area (TPSA) is 83.3 Å². The molecular formula is C22H31N3O5S. The number of ether oxygens (including phenoxy) is 1. The summed E-state index contributed by atoms with van der Waals surface area (Å²) >= 11 is 0. The average Bonchev–Trinajstić information content (AvgIpc) is 3.16. The Morgan fingerprint density at radius 3 is 2.39 bits per heavy atom. The van der Waals surface area contributed by atoms with Crippen LogP contribution in [0.15, 0.2) is 46.9 Å². The van der Waals surface area contributed by atoms with Gasteiger partial charge in [-0.2, -0.15) is 4.31 Å². The lowest BCUT2D eigenvalue weighted by Gasteiger charge is -2.30. The van der Waals surface area contributed by atoms with Crippen LogP contribution in [-0.4, -0.2) is 80.6 Å². The molecule has 3 rings (SSSR count). The molecule has 1 amide bonds. The van der Waals surface area contributed by atoms with Gasteiger partial charge in [0.2, 0.25) is 15.9 Å². The molecule has 1 saturated heterocycles. The Kier molecular flexibility index (Phi) is 8.25. The van der Waals surface area contributed by atoms with E-state index in [4.69, 9.17) is 9.15 Å². The van der Waals surface area contributed by atoms with Gasteiger partial charge in [-0.3, -0.25) is 9.69 Å². The lowest BCUT2D eigenvalue weighted by Crippen LogP contribution is -2.46. The molecule has 0 N–H and O–H groups in total. The highest BCUT2D eigenvalue weighted by Gasteiger charge is 2.25. The number of amides is 1. The monoisotopic (exact) mass is 449 g/mol. The highest BCUT2D eigenvalue weighted by Crippen LogP contribution is 2.14. The fourth-order valence-corrected chi connectivity index (χ4v) is 4.24. The molecule has 1 aromatic carbocycles. The van der Waals surface area contributed by atoms with Gasteiger partial charge in [0, 0.05) is 32.7 Å². The molecule has 2 aromatic rings. The number of furan rings is 1. The number of nitrogens with zero attached hydrogens (tertiary/aromatic N) is 3. The first-order chi connectivity index (χ1) is 14.8. The van der Waals surface area contributed by atoms with Gasteiger partial charge in [-0.1, -0.05) is 30.3 Å². The molecule has 0 atom stereocenters. The molecule has 0 radical (unpaired) electrons. The molecule has 170 valence electrons. The summed E-state index contributed by atoms with van der Waals surface area (Å²) in [4.78, 5) is 17.0. The normalized spacial score (nSPS) is 15.3. The molecule has 2 heterocycles. The molecule has 1 aliphatic heterocycles. The number of aryl methyl sites for hydroxylation is 1. The van der Waals surface area contributed by atoms with Gasteiger partial charge in [0.1, 0.15) is 11.5 Å². The van der Waals surface area contributed by atoms with E-state index < -0.39 is 10.0 Å². The predicted molar refractivity (Wildman–Crippen MR) is 118 cm³/mol. The zero-order chi connectivity index (χ0) is 22.3. The van der Waals surface area contributed by atoms with Crippen molar-refractivity contribution in [3.8, 4) is 0 Å². The van der Waals surface area contributed by atoms with E-state index in [1.54, 1.807) is 4.90 Å². The number of carbonyl (C=O) groups is 1. The van der Waals surface area contributed by atoms with E-state index in [0.717, 1.165) is 30.7 Å². The van der Waals surface area contributed by atoms with Crippen LogP contribution in [0.3, 0.4) is 0 Å². The van der Waals surface area contributed by atoms with E-state index in [9.17, 15) is 13.2 Å². The number of sulfonamides is 1. The minimum Gasteiger partial charge on any atom is -0.464 e. The van der Waals surface area contributed by atoms with Crippen LogP contribution >= 0.6 is 0 Å². The van der Waals surface area contributed by atoms with E-state index in [0.29, 0.717) is 32.1 Å². The lowest BCUT2D eigenvalue weighted by molar-refractivity contribution is -0.133. The standard InChI is InChI=1S/C22H31N3O5S/c1-19-8-9-21(30-19)17-24(16-20-6-4-3-5-7-20)22(26)18-25(31(2,27)28)11-10-23-12-14-29-15-13-23/h3-9H,10-18H2,1-2H3. The number of carbonyl (C=O) groups excluding carboxylic acids is 1. The molecule has 31 heavy (non-hydrogen) atoms. The maximum atomic E-state index is 13.2. The van der Waals surface area contributed by atoms with Gasteiger partial charge >= 0.3 is 0 Å². The van der Waals surface area contributed by atoms with Gasteiger partial charge < -0.3 is 14.1 Å². The second-order valence-corrected chi connectivity index (χ2v) is 9.78. The Hall–Kier alpha value is -2.20. The van der Waals surface area contributed by atoms with Gasteiger partial charge in [-0.05, 0) is 24.6 Å². The zero-order valence-corrected chi connectivity index (χ0v) is 19.0. The van der Waals surface area contributed by atoms with Crippen molar-refractivity contribution >= 4 is 15.9 Å². The van der Waals surface area contributed by atoms with Crippen LogP contribution in [0, 0.1) is 6.92 Å². The quantitative estimate of drug-likeness (QED) is 0.549. The van der Waals surface area contributed by atoms with E-state index >= 15 is 0 Å². The first-order valence-corrected chi connectivity index (χ1v) is 12.3. The van der Waals surface area contributed by atoms with Crippen molar-refractivity contribution < 1.29 is 22.4 Å². The van der Waals surface area contributed by atoms with E-state index in [1.165, 1.54) is 4.31 Å². The van der Waals surface area contributed by atoms with Gasteiger partial charge in [0.05, 0.1) is 32.6 Å². The third-order valence-corrected chi connectivity index (χ3v) is 6.51. The van der Waals surface area contributed by atoms with Gasteiger partial charge in [-0.25, -0.2) is 8.42 Å². The summed E-state index contributed by atoms with van der Waals surface area (Å²) in [6.45, 7) is 5.97. The highest BCUT2D eigenvalue weighted by atomic mass is 32.2. The molecule has 0 spiro atoms. The lowest BCUT2D eigenvalue weighted by atomic mass is 10.2. The smallest absolute Gasteiger partial charge is 0.238 e. The number of hydrogen-bond acceptors (Lipinski definition) is 6. The maximum absolute atomic E-state index is 13.2. The minimum absolute atomic E-state index is 0.199. The molecule has 0 bridgehead atoms. The number of morpholine rings is 1. The first-order valence-electron chi connectivity index (χ1n) is 10.4. The fourth-order valence-electron chi connectivity index (χ4n) is 3.49. The molecule has 8 nitrogen and oxygen atoms in total. The first kappa shape index (κ1) is 23.5. The van der Waals surface area contributed by atoms with Gasteiger partial charge in [-0.15, -0.1) is 0 Å². The second-order valence-electron chi connectivity index (χ2n) is 7.80. The number of benzene rings is 1. The second kappa shape index (κ2) is 10.9. The average molecular weight is 450 g/mol. The third kappa shape index (κ3) is 7.46. The van der Waals surface area contributed by atoms with Crippen molar-refractivity contribution in [2.75, 3.05) is 52.2 Å². The van der Waals surface area contributed by atoms with E-state index in [1.807, 2.05) is 49.4 Å². The van der Waals surface area contributed by atoms with Crippen molar-refractivity contribution in [3.05, 3.63) is 59.5 Å². The third-order valence-electron chi connectivity index (χ3n) is 5.26. The molecule has 1 fully saturated rings. The van der Waals surface area contributed by atoms with Gasteiger partial charge in [0.25, 0.3) is 0 Å². The van der Waals surface area contributed by atoms with Crippen molar-refractivity contribution in [1.82, 2.24) is 14.1 Å². The van der Waals surface area contributed by atoms with Crippen LogP contribution in [0.5, 0.6) is 0 Å². The predicted octanol–water partition coefficient (Wildman–Crippen LogP) is 1.71. The van der Waals surface area contributed by atoms with Crippen LogP contribution in [0.25, 0.3) is 0 Å². The fraction of sp³-hybridized carbons (Fsp3) is 0.500. The van der Waals surface area contributed by atoms with Crippen LogP contribution in [0.1, 0.15) is 17.1 Å². The summed E-state index contributed by atoms with van der Waals surface area (Å²) in [5, 5.41) is 0. The van der Waals surface area contributed by atoms with Crippen molar-refractivity contribution in [3.63, 3.8) is 0 Å². The molecule has 0 aliphatic carbocycles. The van der Waals surface area contributed by atoms with Crippen LogP contribution in [-0.2, 0) is 32.6 Å². The summed E-state index contributed by atoms with van der Waals surface area (Å²) in [6.07, 6.45) is 1.15. The molecule has 0 unspecified atom stereocenters. The van der Waals surface area contributed by atoms with Crippen LogP contribution in [0.4, 0.5) is 0 Å². The molecule has 1 aromatic heterocycles. The Morgan fingerprint density at radius 1 is 1.06 bits per heavy atom. The Bertz CT molecular complexity index is 939. The zero-order valence-electron chi connectivity index (χ0n) is 18.2. The number of rotatable bonds is 10. The SMILES string of the molecule is Cc1ccc(CN(Cc2ccccc2)C(=O)CN(CCN2CCOCC2)S(C)(=O)=O)o1. The molecular weight excluding hydrogens is 418 g/mol. The summed E-state index contributed by atoms with van der Waals surface area (Å²) in [5.74, 6) is 1.18. The van der Waals surface area contributed by atoms with Crippen molar-refractivity contribution in [2.24, 2.45) is 0 Å². The maximum Gasteiger partial charge on any atom is 0.238 e. The number of hydrogen-bond donors (Lipinski definition) is 0. The summed E-state index contributed by atoms with van der Waals surface area (Å²) in [6, 6.07) is 13.3. The van der Waals surface area contributed by atoms with Crippen molar-refractivity contribution in [2.45, 2.75) is 20.0 Å². The van der Waals surface area contributed by atoms with Crippen LogP contribution in [0.2, 0.25) is 0 Å². The molecule has 1 aliphatic rings. The molecule has 0 saturated carbocycles.